The van der Waals surface area contributed by atoms with Crippen LogP contribution < -0.4 is 10.2 Å². The zero-order valence-corrected chi connectivity index (χ0v) is 16.3. The van der Waals surface area contributed by atoms with Gasteiger partial charge in [0.2, 0.25) is 0 Å². The number of hydrogen-bond donors (Lipinski definition) is 3. The van der Waals surface area contributed by atoms with E-state index < -0.39 is 6.10 Å². The number of nitrogens with two attached hydrogens (primary N) is 1. The van der Waals surface area contributed by atoms with Crippen molar-refractivity contribution in [2.75, 3.05) is 39.3 Å². The molecule has 1 heterocycles. The second-order valence-corrected chi connectivity index (χ2v) is 7.70. The first-order valence-corrected chi connectivity index (χ1v) is 10.2. The van der Waals surface area contributed by atoms with Crippen molar-refractivity contribution in [1.29, 1.82) is 0 Å². The predicted molar refractivity (Wildman–Crippen MR) is 102 cm³/mol. The fourth-order valence-electron chi connectivity index (χ4n) is 3.44. The van der Waals surface area contributed by atoms with Crippen LogP contribution in [0.5, 0.6) is 0 Å². The average molecular weight is 371 g/mol. The summed E-state index contributed by atoms with van der Waals surface area (Å²) in [5, 5.41) is 13.0. The highest BCUT2D eigenvalue weighted by Gasteiger charge is 2.13. The lowest BCUT2D eigenvalue weighted by Crippen LogP contribution is -3.12. The lowest BCUT2D eigenvalue weighted by atomic mass is 10.1. The monoisotopic (exact) mass is 370 g/mol. The van der Waals surface area contributed by atoms with Gasteiger partial charge in [0, 0.05) is 11.4 Å². The van der Waals surface area contributed by atoms with Gasteiger partial charge in [0.25, 0.3) is 0 Å². The zero-order valence-electron chi connectivity index (χ0n) is 15.6. The van der Waals surface area contributed by atoms with Crippen molar-refractivity contribution in [3.05, 3.63) is 34.9 Å². The highest BCUT2D eigenvalue weighted by atomic mass is 35.5. The summed E-state index contributed by atoms with van der Waals surface area (Å²) in [5.74, 6) is 0. The third-order valence-electron chi connectivity index (χ3n) is 5.07. The molecule has 1 aromatic carbocycles. The van der Waals surface area contributed by atoms with E-state index in [2.05, 4.69) is 5.32 Å². The first-order chi connectivity index (χ1) is 12.1. The molecule has 1 aliphatic heterocycles. The van der Waals surface area contributed by atoms with Crippen molar-refractivity contribution >= 4 is 11.6 Å². The van der Waals surface area contributed by atoms with Gasteiger partial charge in [-0.2, -0.15) is 0 Å². The normalized spacial score (nSPS) is 18.7. The highest BCUT2D eigenvalue weighted by molar-refractivity contribution is 6.30. The second kappa shape index (κ2) is 11.9. The van der Waals surface area contributed by atoms with Gasteiger partial charge in [-0.15, -0.1) is 0 Å². The number of aliphatic hydroxyl groups is 1. The smallest absolute Gasteiger partial charge is 0.126 e. The Morgan fingerprint density at radius 1 is 1.16 bits per heavy atom. The minimum Gasteiger partial charge on any atom is -0.385 e. The van der Waals surface area contributed by atoms with Gasteiger partial charge in [-0.05, 0) is 50.3 Å². The van der Waals surface area contributed by atoms with E-state index in [4.69, 9.17) is 16.3 Å². The Morgan fingerprint density at radius 3 is 2.52 bits per heavy atom. The van der Waals surface area contributed by atoms with Gasteiger partial charge in [0.15, 0.2) is 0 Å². The van der Waals surface area contributed by atoms with Crippen LogP contribution in [0.25, 0.3) is 0 Å². The average Bonchev–Trinajstić information content (AvgIpc) is 2.89. The molecule has 0 spiro atoms. The molecule has 4 N–H and O–H groups in total. The Labute approximate surface area is 157 Å². The van der Waals surface area contributed by atoms with Crippen LogP contribution in [-0.2, 0) is 4.74 Å². The van der Waals surface area contributed by atoms with E-state index in [-0.39, 0.29) is 6.10 Å². The Bertz CT molecular complexity index is 461. The lowest BCUT2D eigenvalue weighted by Gasteiger charge is -2.17. The topological polar surface area (TPSA) is 50.5 Å². The number of rotatable bonds is 10. The van der Waals surface area contributed by atoms with E-state index in [1.807, 2.05) is 31.2 Å². The molecule has 2 atom stereocenters. The summed E-state index contributed by atoms with van der Waals surface area (Å²) in [4.78, 5) is 1.77. The van der Waals surface area contributed by atoms with Gasteiger partial charge in [-0.25, -0.2) is 0 Å². The summed E-state index contributed by atoms with van der Waals surface area (Å²) in [7, 11) is 0. The molecule has 5 heteroatoms. The van der Waals surface area contributed by atoms with Crippen LogP contribution in [0.15, 0.2) is 24.3 Å². The molecule has 1 fully saturated rings. The predicted octanol–water partition coefficient (Wildman–Crippen LogP) is 1.19. The van der Waals surface area contributed by atoms with E-state index in [9.17, 15) is 5.11 Å². The third kappa shape index (κ3) is 8.52. The van der Waals surface area contributed by atoms with Crippen LogP contribution in [-0.4, -0.2) is 50.5 Å². The molecular formula is C20H35ClN2O2+2. The molecular weight excluding hydrogens is 336 g/mol. The van der Waals surface area contributed by atoms with Crippen molar-refractivity contribution in [1.82, 2.24) is 0 Å². The van der Waals surface area contributed by atoms with Crippen molar-refractivity contribution in [3.63, 3.8) is 0 Å². The maximum absolute atomic E-state index is 10.1. The fourth-order valence-corrected chi connectivity index (χ4v) is 3.56. The molecule has 0 saturated carbocycles. The van der Waals surface area contributed by atoms with Gasteiger partial charge in [0.1, 0.15) is 12.6 Å². The molecule has 142 valence electrons. The first kappa shape index (κ1) is 20.7. The Kier molecular flexibility index (Phi) is 9.81. The molecule has 0 bridgehead atoms. The second-order valence-electron chi connectivity index (χ2n) is 7.26. The number of ether oxygens (including phenoxy) is 1. The minimum absolute atomic E-state index is 0.0291. The fraction of sp³-hybridized carbons (Fsp3) is 0.700. The van der Waals surface area contributed by atoms with Crippen LogP contribution in [0.2, 0.25) is 5.02 Å². The standard InChI is InChI=1S/C20H33ClN2O2/c1-17(18-7-9-19(21)10-8-18)25-16-20(24)15-22-11-6-14-23-12-4-2-3-5-13-23/h7-10,17,20,22,24H,2-6,11-16H2,1H3/p+2/t17-,20+/m1/s1. The van der Waals surface area contributed by atoms with Crippen LogP contribution in [0.1, 0.15) is 50.7 Å². The zero-order chi connectivity index (χ0) is 17.9. The summed E-state index contributed by atoms with van der Waals surface area (Å²) in [6, 6.07) is 7.67. The van der Waals surface area contributed by atoms with Crippen LogP contribution in [0.4, 0.5) is 0 Å². The lowest BCUT2D eigenvalue weighted by molar-refractivity contribution is -0.900. The number of quaternary nitrogens is 2. The minimum atomic E-state index is -0.416. The van der Waals surface area contributed by atoms with E-state index in [1.165, 1.54) is 51.7 Å². The van der Waals surface area contributed by atoms with E-state index in [0.717, 1.165) is 17.1 Å². The van der Waals surface area contributed by atoms with Gasteiger partial charge in [-0.1, -0.05) is 23.7 Å². The molecule has 2 rings (SSSR count). The molecule has 25 heavy (non-hydrogen) atoms. The molecule has 0 aliphatic carbocycles. The SMILES string of the molecule is C[C@@H](OC[C@@H](O)C[NH2+]CCC[NH+]1CCCCCC1)c1ccc(Cl)cc1. The Morgan fingerprint density at radius 2 is 1.84 bits per heavy atom. The largest absolute Gasteiger partial charge is 0.385 e. The van der Waals surface area contributed by atoms with Gasteiger partial charge < -0.3 is 20.1 Å². The summed E-state index contributed by atoms with van der Waals surface area (Å²) in [6.45, 7) is 8.14. The third-order valence-corrected chi connectivity index (χ3v) is 5.32. The highest BCUT2D eigenvalue weighted by Crippen LogP contribution is 2.19. The number of halogens is 1. The van der Waals surface area contributed by atoms with E-state index >= 15 is 0 Å². The van der Waals surface area contributed by atoms with Gasteiger partial charge in [0.05, 0.1) is 38.9 Å². The molecule has 0 aromatic heterocycles. The van der Waals surface area contributed by atoms with E-state index in [1.54, 1.807) is 4.90 Å². The molecule has 0 radical (unpaired) electrons. The number of likely N-dealkylation sites (tertiary alicyclic amines) is 1. The molecule has 1 saturated heterocycles. The molecule has 0 unspecified atom stereocenters. The van der Waals surface area contributed by atoms with Crippen molar-refractivity contribution in [2.45, 2.75) is 51.2 Å². The summed E-state index contributed by atoms with van der Waals surface area (Å²) < 4.78 is 5.78. The Balaban J connectivity index is 1.51. The molecule has 1 aromatic rings. The number of nitrogens with one attached hydrogen (secondary N) is 1. The molecule has 1 aliphatic rings. The summed E-state index contributed by atoms with van der Waals surface area (Å²) in [5.41, 5.74) is 1.08. The van der Waals surface area contributed by atoms with Crippen LogP contribution >= 0.6 is 11.6 Å². The quantitative estimate of drug-likeness (QED) is 0.542. The maximum atomic E-state index is 10.1. The number of benzene rings is 1. The van der Waals surface area contributed by atoms with E-state index in [0.29, 0.717) is 13.2 Å². The first-order valence-electron chi connectivity index (χ1n) is 9.85. The summed E-state index contributed by atoms with van der Waals surface area (Å²) in [6.07, 6.45) is 6.39. The van der Waals surface area contributed by atoms with Crippen molar-refractivity contribution in [3.8, 4) is 0 Å². The van der Waals surface area contributed by atoms with Crippen molar-refractivity contribution < 1.29 is 20.1 Å². The van der Waals surface area contributed by atoms with Crippen molar-refractivity contribution in [2.24, 2.45) is 0 Å². The Hall–Kier alpha value is -0.650. The summed E-state index contributed by atoms with van der Waals surface area (Å²) >= 11 is 5.90. The maximum Gasteiger partial charge on any atom is 0.126 e. The molecule has 4 nitrogen and oxygen atoms in total. The molecule has 0 amide bonds. The van der Waals surface area contributed by atoms with Crippen LogP contribution in [0.3, 0.4) is 0 Å². The van der Waals surface area contributed by atoms with Crippen LogP contribution in [0, 0.1) is 0 Å². The number of aliphatic hydroxyl groups excluding tert-OH is 1. The van der Waals surface area contributed by atoms with Gasteiger partial charge >= 0.3 is 0 Å². The van der Waals surface area contributed by atoms with Gasteiger partial charge in [-0.3, -0.25) is 0 Å². The number of hydrogen-bond acceptors (Lipinski definition) is 2.